The number of nitrogens with zero attached hydrogens (tertiary/aromatic N) is 1. The van der Waals surface area contributed by atoms with Crippen LogP contribution in [0, 0.1) is 5.82 Å². The van der Waals surface area contributed by atoms with Crippen LogP contribution in [0.3, 0.4) is 0 Å². The van der Waals surface area contributed by atoms with Crippen LogP contribution in [0.1, 0.15) is 23.2 Å². The molecular weight excluding hydrogens is 197 g/mol. The van der Waals surface area contributed by atoms with Gasteiger partial charge in [0.05, 0.1) is 5.69 Å². The first-order chi connectivity index (χ1) is 7.22. The van der Waals surface area contributed by atoms with E-state index in [0.29, 0.717) is 24.8 Å². The molecule has 0 unspecified atom stereocenters. The van der Waals surface area contributed by atoms with Gasteiger partial charge in [-0.2, -0.15) is 0 Å². The molecule has 4 heteroatoms. The predicted octanol–water partition coefficient (Wildman–Crippen LogP) is 1.77. The molecule has 1 aromatic carbocycles. The molecule has 0 radical (unpaired) electrons. The van der Waals surface area contributed by atoms with Gasteiger partial charge in [-0.1, -0.05) is 0 Å². The fourth-order valence-corrected chi connectivity index (χ4v) is 1.71. The number of benzene rings is 1. The minimum Gasteiger partial charge on any atom is -0.310 e. The van der Waals surface area contributed by atoms with Crippen LogP contribution < -0.4 is 4.90 Å². The molecule has 1 heterocycles. The van der Waals surface area contributed by atoms with Crippen molar-refractivity contribution in [1.82, 2.24) is 0 Å². The van der Waals surface area contributed by atoms with E-state index < -0.39 is 5.82 Å². The molecule has 0 aromatic heterocycles. The number of carbonyl (C=O) groups excluding carboxylic acids is 2. The van der Waals surface area contributed by atoms with Gasteiger partial charge in [0, 0.05) is 18.5 Å². The van der Waals surface area contributed by atoms with Crippen LogP contribution >= 0.6 is 0 Å². The molecule has 2 rings (SSSR count). The van der Waals surface area contributed by atoms with Crippen LogP contribution in [-0.2, 0) is 4.79 Å². The van der Waals surface area contributed by atoms with E-state index in [4.69, 9.17) is 0 Å². The summed E-state index contributed by atoms with van der Waals surface area (Å²) in [6, 6.07) is 4.02. The van der Waals surface area contributed by atoms with Crippen LogP contribution in [0.25, 0.3) is 0 Å². The quantitative estimate of drug-likeness (QED) is 0.693. The lowest BCUT2D eigenvalue weighted by molar-refractivity contribution is -0.117. The van der Waals surface area contributed by atoms with Gasteiger partial charge in [-0.25, -0.2) is 4.39 Å². The van der Waals surface area contributed by atoms with Crippen molar-refractivity contribution < 1.29 is 14.0 Å². The minimum absolute atomic E-state index is 0.0862. The van der Waals surface area contributed by atoms with Gasteiger partial charge in [-0.05, 0) is 24.6 Å². The summed E-state index contributed by atoms with van der Waals surface area (Å²) in [5.74, 6) is -0.548. The van der Waals surface area contributed by atoms with Crippen molar-refractivity contribution in [1.29, 1.82) is 0 Å². The Balaban J connectivity index is 2.41. The molecule has 78 valence electrons. The topological polar surface area (TPSA) is 37.4 Å². The van der Waals surface area contributed by atoms with Gasteiger partial charge in [-0.15, -0.1) is 0 Å². The summed E-state index contributed by atoms with van der Waals surface area (Å²) >= 11 is 0. The number of hydrogen-bond acceptors (Lipinski definition) is 2. The third-order valence-corrected chi connectivity index (χ3v) is 2.47. The number of amides is 1. The van der Waals surface area contributed by atoms with Crippen molar-refractivity contribution in [3.8, 4) is 0 Å². The fraction of sp³-hybridized carbons (Fsp3) is 0.273. The van der Waals surface area contributed by atoms with Gasteiger partial charge in [0.15, 0.2) is 0 Å². The first-order valence-corrected chi connectivity index (χ1v) is 4.77. The highest BCUT2D eigenvalue weighted by Crippen LogP contribution is 2.25. The predicted molar refractivity (Wildman–Crippen MR) is 53.4 cm³/mol. The maximum atomic E-state index is 13.4. The van der Waals surface area contributed by atoms with Crippen LogP contribution in [-0.4, -0.2) is 18.7 Å². The lowest BCUT2D eigenvalue weighted by Crippen LogP contribution is -2.24. The van der Waals surface area contributed by atoms with Crippen molar-refractivity contribution in [2.24, 2.45) is 0 Å². The molecule has 1 aromatic rings. The van der Waals surface area contributed by atoms with Gasteiger partial charge < -0.3 is 4.90 Å². The van der Waals surface area contributed by atoms with E-state index in [9.17, 15) is 14.0 Å². The molecule has 0 spiro atoms. The SMILES string of the molecule is O=Cc1ccc(F)c(N2CCCC2=O)c1. The van der Waals surface area contributed by atoms with E-state index in [1.165, 1.54) is 23.1 Å². The highest BCUT2D eigenvalue weighted by molar-refractivity contribution is 5.96. The van der Waals surface area contributed by atoms with Gasteiger partial charge in [0.25, 0.3) is 0 Å². The molecule has 0 bridgehead atoms. The normalized spacial score (nSPS) is 15.8. The Morgan fingerprint density at radius 3 is 2.80 bits per heavy atom. The summed E-state index contributed by atoms with van der Waals surface area (Å²) in [5.41, 5.74) is 0.591. The molecule has 1 fully saturated rings. The zero-order valence-electron chi connectivity index (χ0n) is 8.07. The minimum atomic E-state index is -0.462. The van der Waals surface area contributed by atoms with E-state index >= 15 is 0 Å². The second-order valence-electron chi connectivity index (χ2n) is 3.48. The maximum absolute atomic E-state index is 13.4. The standard InChI is InChI=1S/C11H10FNO2/c12-9-4-3-8(7-14)6-10(9)13-5-1-2-11(13)15/h3-4,6-7H,1-2,5H2. The molecule has 1 amide bonds. The zero-order chi connectivity index (χ0) is 10.8. The van der Waals surface area contributed by atoms with E-state index in [1.807, 2.05) is 0 Å². The van der Waals surface area contributed by atoms with Crippen molar-refractivity contribution in [2.75, 3.05) is 11.4 Å². The Bertz CT molecular complexity index is 417. The molecule has 15 heavy (non-hydrogen) atoms. The van der Waals surface area contributed by atoms with Crippen molar-refractivity contribution in [3.63, 3.8) is 0 Å². The summed E-state index contributed by atoms with van der Waals surface area (Å²) in [4.78, 5) is 23.3. The van der Waals surface area contributed by atoms with Crippen LogP contribution in [0.4, 0.5) is 10.1 Å². The van der Waals surface area contributed by atoms with Crippen LogP contribution in [0.15, 0.2) is 18.2 Å². The van der Waals surface area contributed by atoms with Crippen molar-refractivity contribution in [2.45, 2.75) is 12.8 Å². The third kappa shape index (κ3) is 1.75. The monoisotopic (exact) mass is 207 g/mol. The maximum Gasteiger partial charge on any atom is 0.227 e. The average Bonchev–Trinajstić information content (AvgIpc) is 2.65. The van der Waals surface area contributed by atoms with Gasteiger partial charge in [-0.3, -0.25) is 9.59 Å². The summed E-state index contributed by atoms with van der Waals surface area (Å²) in [6.07, 6.45) is 1.83. The number of anilines is 1. The average molecular weight is 207 g/mol. The van der Waals surface area contributed by atoms with E-state index in [1.54, 1.807) is 0 Å². The highest BCUT2D eigenvalue weighted by atomic mass is 19.1. The number of carbonyl (C=O) groups is 2. The van der Waals surface area contributed by atoms with Gasteiger partial charge >= 0.3 is 0 Å². The van der Waals surface area contributed by atoms with E-state index in [2.05, 4.69) is 0 Å². The molecule has 0 saturated carbocycles. The third-order valence-electron chi connectivity index (χ3n) is 2.47. The summed E-state index contributed by atoms with van der Waals surface area (Å²) < 4.78 is 13.4. The number of hydrogen-bond donors (Lipinski definition) is 0. The first-order valence-electron chi connectivity index (χ1n) is 4.77. The summed E-state index contributed by atoms with van der Waals surface area (Å²) in [7, 11) is 0. The molecule has 0 N–H and O–H groups in total. The van der Waals surface area contributed by atoms with Gasteiger partial charge in [0.2, 0.25) is 5.91 Å². The highest BCUT2D eigenvalue weighted by Gasteiger charge is 2.24. The van der Waals surface area contributed by atoms with Crippen LogP contribution in [0.5, 0.6) is 0 Å². The fourth-order valence-electron chi connectivity index (χ4n) is 1.71. The number of halogens is 1. The van der Waals surface area contributed by atoms with E-state index in [-0.39, 0.29) is 11.6 Å². The molecule has 1 saturated heterocycles. The first kappa shape index (κ1) is 9.83. The van der Waals surface area contributed by atoms with E-state index in [0.717, 1.165) is 6.42 Å². The Labute approximate surface area is 86.5 Å². The molecule has 0 aliphatic carbocycles. The largest absolute Gasteiger partial charge is 0.310 e. The molecule has 1 aliphatic heterocycles. The lowest BCUT2D eigenvalue weighted by atomic mass is 10.2. The lowest BCUT2D eigenvalue weighted by Gasteiger charge is -2.16. The Morgan fingerprint density at radius 1 is 1.40 bits per heavy atom. The van der Waals surface area contributed by atoms with Gasteiger partial charge in [0.1, 0.15) is 12.1 Å². The van der Waals surface area contributed by atoms with Crippen LogP contribution in [0.2, 0.25) is 0 Å². The molecular formula is C11H10FNO2. The summed E-state index contributed by atoms with van der Waals surface area (Å²) in [5, 5.41) is 0. The van der Waals surface area contributed by atoms with Crippen molar-refractivity contribution >= 4 is 17.9 Å². The Hall–Kier alpha value is -1.71. The second kappa shape index (κ2) is 3.81. The second-order valence-corrected chi connectivity index (χ2v) is 3.48. The Kier molecular flexibility index (Phi) is 2.49. The summed E-state index contributed by atoms with van der Waals surface area (Å²) in [6.45, 7) is 0.526. The zero-order valence-corrected chi connectivity index (χ0v) is 8.07. The smallest absolute Gasteiger partial charge is 0.227 e. The number of aldehydes is 1. The molecule has 0 atom stereocenters. The molecule has 3 nitrogen and oxygen atoms in total. The number of rotatable bonds is 2. The van der Waals surface area contributed by atoms with Crippen molar-refractivity contribution in [3.05, 3.63) is 29.6 Å². The Morgan fingerprint density at radius 2 is 2.20 bits per heavy atom. The molecule has 1 aliphatic rings.